The second-order valence-corrected chi connectivity index (χ2v) is 9.66. The molecular formula is C23H30N4OS+2. The largest absolute Gasteiger partial charge is 0.322 e. The third-order valence-electron chi connectivity index (χ3n) is 6.25. The highest BCUT2D eigenvalue weighted by atomic mass is 32.1. The number of piperazine rings is 1. The van der Waals surface area contributed by atoms with Crippen LogP contribution >= 0.6 is 11.3 Å². The van der Waals surface area contributed by atoms with Gasteiger partial charge in [-0.25, -0.2) is 0 Å². The topological polar surface area (TPSA) is 61.8 Å². The maximum Gasteiger partial charge on any atom is 0.280 e. The minimum Gasteiger partial charge on any atom is -0.322 e. The summed E-state index contributed by atoms with van der Waals surface area (Å²) < 4.78 is 0. The Morgan fingerprint density at radius 3 is 2.66 bits per heavy atom. The fraction of sp³-hybridized carbons (Fsp3) is 0.478. The first-order valence-corrected chi connectivity index (χ1v) is 11.5. The van der Waals surface area contributed by atoms with Crippen molar-refractivity contribution in [3.63, 3.8) is 0 Å². The molecule has 0 saturated carbocycles. The Hall–Kier alpha value is -2.20. The molecule has 1 saturated heterocycles. The number of quaternary nitrogens is 2. The lowest BCUT2D eigenvalue weighted by Gasteiger charge is -2.29. The molecule has 1 aromatic heterocycles. The van der Waals surface area contributed by atoms with Gasteiger partial charge in [-0.3, -0.25) is 4.79 Å². The number of nitriles is 1. The highest BCUT2D eigenvalue weighted by Crippen LogP contribution is 2.39. The van der Waals surface area contributed by atoms with Crippen LogP contribution in [0.15, 0.2) is 30.3 Å². The first kappa shape index (κ1) is 20.1. The van der Waals surface area contributed by atoms with E-state index in [0.717, 1.165) is 57.0 Å². The van der Waals surface area contributed by atoms with Crippen molar-refractivity contribution >= 4 is 22.2 Å². The van der Waals surface area contributed by atoms with E-state index in [2.05, 4.69) is 48.6 Å². The Morgan fingerprint density at radius 1 is 1.21 bits per heavy atom. The standard InChI is InChI=1S/C23H28N4OS/c1-17-7-8-19-20(14-24)23(29-21(19)13-17)25-22(28)16-27-11-9-26(10-12-27)15-18-5-3-2-4-6-18/h2-6,17H,7-13,15-16H2,1H3,(H,25,28)/p+2/t17-/m0/s1. The number of anilines is 1. The molecule has 1 amide bonds. The highest BCUT2D eigenvalue weighted by Gasteiger charge is 2.27. The number of hydrogen-bond acceptors (Lipinski definition) is 3. The number of thiophene rings is 1. The second-order valence-electron chi connectivity index (χ2n) is 8.56. The smallest absolute Gasteiger partial charge is 0.280 e. The van der Waals surface area contributed by atoms with Crippen molar-refractivity contribution in [2.75, 3.05) is 38.0 Å². The fourth-order valence-electron chi connectivity index (χ4n) is 4.55. The molecule has 0 radical (unpaired) electrons. The van der Waals surface area contributed by atoms with Gasteiger partial charge in [0.2, 0.25) is 0 Å². The van der Waals surface area contributed by atoms with Crippen molar-refractivity contribution in [1.82, 2.24) is 0 Å². The first-order valence-electron chi connectivity index (χ1n) is 10.7. The average molecular weight is 411 g/mol. The van der Waals surface area contributed by atoms with Crippen LogP contribution in [0.5, 0.6) is 0 Å². The summed E-state index contributed by atoms with van der Waals surface area (Å²) in [5.74, 6) is 0.699. The molecule has 1 fully saturated rings. The van der Waals surface area contributed by atoms with Crippen LogP contribution in [0, 0.1) is 17.2 Å². The second kappa shape index (κ2) is 9.08. The number of benzene rings is 1. The van der Waals surface area contributed by atoms with Crippen LogP contribution in [-0.2, 0) is 24.2 Å². The SMILES string of the molecule is C[C@H]1CCc2c(sc(NC(=O)C[NH+]3CC[NH+](Cc4ccccc4)CC3)c2C#N)C1. The normalized spacial score (nSPS) is 23.8. The molecule has 1 aromatic carbocycles. The van der Waals surface area contributed by atoms with Gasteiger partial charge in [0.15, 0.2) is 6.54 Å². The number of carbonyl (C=O) groups is 1. The lowest BCUT2D eigenvalue weighted by atomic mass is 9.89. The summed E-state index contributed by atoms with van der Waals surface area (Å²) in [5, 5.41) is 13.4. The minimum absolute atomic E-state index is 0.0367. The molecule has 1 aliphatic heterocycles. The number of hydrogen-bond donors (Lipinski definition) is 3. The van der Waals surface area contributed by atoms with Gasteiger partial charge in [-0.15, -0.1) is 11.3 Å². The molecule has 5 nitrogen and oxygen atoms in total. The third kappa shape index (κ3) is 4.87. The molecule has 4 rings (SSSR count). The zero-order chi connectivity index (χ0) is 20.2. The van der Waals surface area contributed by atoms with Crippen molar-refractivity contribution in [2.24, 2.45) is 5.92 Å². The van der Waals surface area contributed by atoms with Gasteiger partial charge in [0.1, 0.15) is 43.8 Å². The van der Waals surface area contributed by atoms with Gasteiger partial charge in [-0.2, -0.15) is 5.26 Å². The first-order chi connectivity index (χ1) is 14.1. The van der Waals surface area contributed by atoms with E-state index in [1.807, 2.05) is 0 Å². The summed E-state index contributed by atoms with van der Waals surface area (Å²) >= 11 is 1.61. The number of nitrogens with one attached hydrogen (secondary N) is 3. The predicted octanol–water partition coefficient (Wildman–Crippen LogP) is 0.667. The average Bonchev–Trinajstić information content (AvgIpc) is 3.06. The molecule has 2 aliphatic rings. The van der Waals surface area contributed by atoms with Crippen molar-refractivity contribution in [2.45, 2.75) is 32.7 Å². The van der Waals surface area contributed by atoms with Gasteiger partial charge in [0.25, 0.3) is 5.91 Å². The van der Waals surface area contributed by atoms with E-state index in [9.17, 15) is 10.1 Å². The molecule has 29 heavy (non-hydrogen) atoms. The minimum atomic E-state index is 0.0367. The molecule has 0 spiro atoms. The van der Waals surface area contributed by atoms with E-state index in [-0.39, 0.29) is 5.91 Å². The molecule has 3 N–H and O–H groups in total. The molecule has 2 heterocycles. The molecule has 0 bridgehead atoms. The number of carbonyl (C=O) groups excluding carboxylic acids is 1. The summed E-state index contributed by atoms with van der Waals surface area (Å²) in [5.41, 5.74) is 3.26. The lowest BCUT2D eigenvalue weighted by molar-refractivity contribution is -1.02. The molecule has 1 atom stereocenters. The summed E-state index contributed by atoms with van der Waals surface area (Å²) in [6.45, 7) is 8.01. The quantitative estimate of drug-likeness (QED) is 0.678. The van der Waals surface area contributed by atoms with E-state index in [4.69, 9.17) is 0 Å². The zero-order valence-electron chi connectivity index (χ0n) is 17.1. The Bertz CT molecular complexity index is 894. The number of nitrogens with zero attached hydrogens (tertiary/aromatic N) is 1. The van der Waals surface area contributed by atoms with Gasteiger partial charge in [-0.05, 0) is 30.7 Å². The fourth-order valence-corrected chi connectivity index (χ4v) is 5.93. The van der Waals surface area contributed by atoms with Crippen molar-refractivity contribution in [1.29, 1.82) is 5.26 Å². The number of rotatable bonds is 5. The van der Waals surface area contributed by atoms with Crippen molar-refractivity contribution < 1.29 is 14.6 Å². The third-order valence-corrected chi connectivity index (χ3v) is 7.42. The monoisotopic (exact) mass is 410 g/mol. The molecule has 2 aromatic rings. The van der Waals surface area contributed by atoms with E-state index >= 15 is 0 Å². The Kier molecular flexibility index (Phi) is 6.29. The Morgan fingerprint density at radius 2 is 1.93 bits per heavy atom. The molecular weight excluding hydrogens is 380 g/mol. The van der Waals surface area contributed by atoms with E-state index in [0.29, 0.717) is 18.0 Å². The van der Waals surface area contributed by atoms with Crippen LogP contribution in [-0.4, -0.2) is 38.6 Å². The number of amides is 1. The molecule has 152 valence electrons. The summed E-state index contributed by atoms with van der Waals surface area (Å²) in [6.07, 6.45) is 3.12. The van der Waals surface area contributed by atoms with Gasteiger partial charge in [0.05, 0.1) is 5.56 Å². The van der Waals surface area contributed by atoms with Crippen molar-refractivity contribution in [3.8, 4) is 6.07 Å². The summed E-state index contributed by atoms with van der Waals surface area (Å²) in [6, 6.07) is 13.0. The Balaban J connectivity index is 1.29. The molecule has 0 unspecified atom stereocenters. The van der Waals surface area contributed by atoms with Crippen molar-refractivity contribution in [3.05, 3.63) is 51.9 Å². The summed E-state index contributed by atoms with van der Waals surface area (Å²) in [4.78, 5) is 16.9. The zero-order valence-corrected chi connectivity index (χ0v) is 17.9. The van der Waals surface area contributed by atoms with E-state index in [1.165, 1.54) is 20.9 Å². The van der Waals surface area contributed by atoms with Crippen LogP contribution in [0.4, 0.5) is 5.00 Å². The molecule has 1 aliphatic carbocycles. The highest BCUT2D eigenvalue weighted by molar-refractivity contribution is 7.16. The van der Waals surface area contributed by atoms with Gasteiger partial charge in [0, 0.05) is 10.4 Å². The molecule has 6 heteroatoms. The number of fused-ring (bicyclic) bond motifs is 1. The van der Waals surface area contributed by atoms with Crippen LogP contribution < -0.4 is 15.1 Å². The van der Waals surface area contributed by atoms with Crippen LogP contribution in [0.25, 0.3) is 0 Å². The maximum atomic E-state index is 12.7. The van der Waals surface area contributed by atoms with E-state index < -0.39 is 0 Å². The lowest BCUT2D eigenvalue weighted by Crippen LogP contribution is -3.28. The van der Waals surface area contributed by atoms with Crippen LogP contribution in [0.3, 0.4) is 0 Å². The van der Waals surface area contributed by atoms with Gasteiger partial charge >= 0.3 is 0 Å². The van der Waals surface area contributed by atoms with Crippen LogP contribution in [0.2, 0.25) is 0 Å². The summed E-state index contributed by atoms with van der Waals surface area (Å²) in [7, 11) is 0. The predicted molar refractivity (Wildman–Crippen MR) is 115 cm³/mol. The van der Waals surface area contributed by atoms with Crippen LogP contribution in [0.1, 0.15) is 34.9 Å². The van der Waals surface area contributed by atoms with Gasteiger partial charge in [-0.1, -0.05) is 37.3 Å². The Labute approximate surface area is 176 Å². The maximum absolute atomic E-state index is 12.7. The van der Waals surface area contributed by atoms with Gasteiger partial charge < -0.3 is 15.1 Å². The van der Waals surface area contributed by atoms with E-state index in [1.54, 1.807) is 16.2 Å².